The predicted molar refractivity (Wildman–Crippen MR) is 76.1 cm³/mol. The molecule has 0 spiro atoms. The van der Waals surface area contributed by atoms with E-state index in [1.54, 1.807) is 0 Å². The molecule has 0 aromatic heterocycles. The number of ether oxygens (including phenoxy) is 1. The average molecular weight is 309 g/mol. The Bertz CT molecular complexity index is 705. The van der Waals surface area contributed by atoms with Gasteiger partial charge < -0.3 is 9.84 Å². The van der Waals surface area contributed by atoms with Crippen molar-refractivity contribution < 1.29 is 18.6 Å². The van der Waals surface area contributed by atoms with Crippen molar-refractivity contribution in [3.63, 3.8) is 0 Å². The zero-order valence-electron chi connectivity index (χ0n) is 10.9. The highest BCUT2D eigenvalue weighted by Gasteiger charge is 2.06. The van der Waals surface area contributed by atoms with Gasteiger partial charge in [-0.1, -0.05) is 23.4 Å². The van der Waals surface area contributed by atoms with Crippen molar-refractivity contribution >= 4 is 11.6 Å². The van der Waals surface area contributed by atoms with Crippen LogP contribution in [-0.4, -0.2) is 11.7 Å². The van der Waals surface area contributed by atoms with Gasteiger partial charge in [-0.3, -0.25) is 0 Å². The Kier molecular flexibility index (Phi) is 5.15. The lowest BCUT2D eigenvalue weighted by molar-refractivity contribution is 0.298. The summed E-state index contributed by atoms with van der Waals surface area (Å²) in [6.07, 6.45) is 0. The minimum Gasteiger partial charge on any atom is -0.489 e. The first-order valence-electron chi connectivity index (χ1n) is 6.05. The van der Waals surface area contributed by atoms with E-state index < -0.39 is 11.6 Å². The number of halogens is 3. The van der Waals surface area contributed by atoms with Gasteiger partial charge in [-0.05, 0) is 30.3 Å². The van der Waals surface area contributed by atoms with Crippen molar-refractivity contribution in [2.75, 3.05) is 6.61 Å². The van der Waals surface area contributed by atoms with E-state index >= 15 is 0 Å². The van der Waals surface area contributed by atoms with Crippen LogP contribution in [0, 0.1) is 23.5 Å². The molecule has 2 rings (SSSR count). The van der Waals surface area contributed by atoms with Crippen molar-refractivity contribution in [3.8, 4) is 17.6 Å². The Morgan fingerprint density at radius 3 is 2.71 bits per heavy atom. The van der Waals surface area contributed by atoms with E-state index in [1.807, 2.05) is 0 Å². The monoisotopic (exact) mass is 308 g/mol. The van der Waals surface area contributed by atoms with Crippen LogP contribution in [0.3, 0.4) is 0 Å². The standard InChI is InChI=1S/C16H11ClF2O2/c17-13-3-4-16(19)12(8-13)10-21-15-7-11(2-1-5-20)6-14(18)9-15/h3-4,6-9,20H,5,10H2. The highest BCUT2D eigenvalue weighted by Crippen LogP contribution is 2.20. The number of benzene rings is 2. The van der Waals surface area contributed by atoms with E-state index in [-0.39, 0.29) is 24.5 Å². The van der Waals surface area contributed by atoms with Gasteiger partial charge in [-0.2, -0.15) is 0 Å². The van der Waals surface area contributed by atoms with Crippen LogP contribution in [0.4, 0.5) is 8.78 Å². The lowest BCUT2D eigenvalue weighted by atomic mass is 10.2. The summed E-state index contributed by atoms with van der Waals surface area (Å²) in [4.78, 5) is 0. The summed E-state index contributed by atoms with van der Waals surface area (Å²) in [5, 5.41) is 9.01. The lowest BCUT2D eigenvalue weighted by Gasteiger charge is -2.08. The molecule has 0 aliphatic rings. The largest absolute Gasteiger partial charge is 0.489 e. The van der Waals surface area contributed by atoms with Gasteiger partial charge in [-0.25, -0.2) is 8.78 Å². The van der Waals surface area contributed by atoms with Crippen molar-refractivity contribution in [2.45, 2.75) is 6.61 Å². The van der Waals surface area contributed by atoms with Crippen LogP contribution in [-0.2, 0) is 6.61 Å². The van der Waals surface area contributed by atoms with Crippen LogP contribution in [0.1, 0.15) is 11.1 Å². The van der Waals surface area contributed by atoms with Gasteiger partial charge in [0.25, 0.3) is 0 Å². The molecule has 0 saturated heterocycles. The molecular formula is C16H11ClF2O2. The van der Waals surface area contributed by atoms with Crippen LogP contribution in [0.25, 0.3) is 0 Å². The van der Waals surface area contributed by atoms with Crippen molar-refractivity contribution in [1.82, 2.24) is 0 Å². The van der Waals surface area contributed by atoms with Gasteiger partial charge in [-0.15, -0.1) is 0 Å². The maximum atomic E-state index is 13.5. The second kappa shape index (κ2) is 7.07. The predicted octanol–water partition coefficient (Wildman–Crippen LogP) is 3.54. The number of aliphatic hydroxyl groups is 1. The van der Waals surface area contributed by atoms with Crippen LogP contribution < -0.4 is 4.74 Å². The molecule has 0 saturated carbocycles. The maximum Gasteiger partial charge on any atom is 0.129 e. The van der Waals surface area contributed by atoms with Gasteiger partial charge in [0.1, 0.15) is 30.6 Å². The molecule has 0 aliphatic heterocycles. The van der Waals surface area contributed by atoms with E-state index in [2.05, 4.69) is 11.8 Å². The van der Waals surface area contributed by atoms with Crippen molar-refractivity contribution in [3.05, 3.63) is 64.2 Å². The number of hydrogen-bond donors (Lipinski definition) is 1. The Labute approximate surface area is 125 Å². The summed E-state index contributed by atoms with van der Waals surface area (Å²) in [5.41, 5.74) is 0.639. The van der Waals surface area contributed by atoms with Gasteiger partial charge in [0.2, 0.25) is 0 Å². The third-order valence-electron chi connectivity index (χ3n) is 2.59. The lowest BCUT2D eigenvalue weighted by Crippen LogP contribution is -1.99. The van der Waals surface area contributed by atoms with Gasteiger partial charge in [0.15, 0.2) is 0 Å². The summed E-state index contributed by atoms with van der Waals surface area (Å²) in [6.45, 7) is -0.400. The fraction of sp³-hybridized carbons (Fsp3) is 0.125. The minimum absolute atomic E-state index is 0.0806. The number of hydrogen-bond acceptors (Lipinski definition) is 2. The summed E-state index contributed by atoms with van der Waals surface area (Å²) in [7, 11) is 0. The summed E-state index contributed by atoms with van der Waals surface area (Å²) < 4.78 is 32.3. The first kappa shape index (κ1) is 15.3. The van der Waals surface area contributed by atoms with Crippen LogP contribution >= 0.6 is 11.6 Å². The third-order valence-corrected chi connectivity index (χ3v) is 2.82. The van der Waals surface area contributed by atoms with Gasteiger partial charge in [0.05, 0.1) is 0 Å². The molecule has 2 aromatic carbocycles. The van der Waals surface area contributed by atoms with E-state index in [4.69, 9.17) is 21.4 Å². The normalized spacial score (nSPS) is 9.90. The molecule has 0 radical (unpaired) electrons. The van der Waals surface area contributed by atoms with E-state index in [9.17, 15) is 8.78 Å². The Hall–Kier alpha value is -2.09. The third kappa shape index (κ3) is 4.45. The fourth-order valence-electron chi connectivity index (χ4n) is 1.67. The number of rotatable bonds is 3. The topological polar surface area (TPSA) is 29.5 Å². The fourth-order valence-corrected chi connectivity index (χ4v) is 1.87. The maximum absolute atomic E-state index is 13.5. The summed E-state index contributed by atoms with van der Waals surface area (Å²) in [5.74, 6) is 4.24. The summed E-state index contributed by atoms with van der Waals surface area (Å²) in [6, 6.07) is 8.02. The van der Waals surface area contributed by atoms with Crippen LogP contribution in [0.15, 0.2) is 36.4 Å². The zero-order valence-corrected chi connectivity index (χ0v) is 11.6. The van der Waals surface area contributed by atoms with E-state index in [0.717, 1.165) is 0 Å². The molecule has 0 amide bonds. The molecule has 0 bridgehead atoms. The van der Waals surface area contributed by atoms with Crippen molar-refractivity contribution in [2.24, 2.45) is 0 Å². The first-order chi connectivity index (χ1) is 10.1. The van der Waals surface area contributed by atoms with Gasteiger partial charge in [0, 0.05) is 22.2 Å². The SMILES string of the molecule is OCC#Cc1cc(F)cc(OCc2cc(Cl)ccc2F)c1. The molecule has 2 aromatic rings. The van der Waals surface area contributed by atoms with E-state index in [1.165, 1.54) is 36.4 Å². The molecule has 1 N–H and O–H groups in total. The molecule has 21 heavy (non-hydrogen) atoms. The van der Waals surface area contributed by atoms with Crippen LogP contribution in [0.5, 0.6) is 5.75 Å². The average Bonchev–Trinajstić information content (AvgIpc) is 2.45. The Balaban J connectivity index is 2.16. The smallest absolute Gasteiger partial charge is 0.129 e. The van der Waals surface area contributed by atoms with Crippen molar-refractivity contribution in [1.29, 1.82) is 0 Å². The molecule has 0 aliphatic carbocycles. The first-order valence-corrected chi connectivity index (χ1v) is 6.43. The molecule has 0 fully saturated rings. The minimum atomic E-state index is -0.527. The highest BCUT2D eigenvalue weighted by atomic mass is 35.5. The Morgan fingerprint density at radius 2 is 1.95 bits per heavy atom. The molecule has 0 unspecified atom stereocenters. The van der Waals surface area contributed by atoms with E-state index in [0.29, 0.717) is 10.6 Å². The molecular weight excluding hydrogens is 298 g/mol. The molecule has 5 heteroatoms. The summed E-state index contributed by atoms with van der Waals surface area (Å²) >= 11 is 5.78. The quantitative estimate of drug-likeness (QED) is 0.879. The molecule has 2 nitrogen and oxygen atoms in total. The molecule has 0 atom stereocenters. The molecule has 108 valence electrons. The number of aliphatic hydroxyl groups excluding tert-OH is 1. The van der Waals surface area contributed by atoms with Crippen LogP contribution in [0.2, 0.25) is 5.02 Å². The second-order valence-electron chi connectivity index (χ2n) is 4.16. The highest BCUT2D eigenvalue weighted by molar-refractivity contribution is 6.30. The Morgan fingerprint density at radius 1 is 1.14 bits per heavy atom. The zero-order chi connectivity index (χ0) is 15.2. The second-order valence-corrected chi connectivity index (χ2v) is 4.60. The molecule has 0 heterocycles. The van der Waals surface area contributed by atoms with Gasteiger partial charge >= 0.3 is 0 Å².